The number of rotatable bonds is 4. The summed E-state index contributed by atoms with van der Waals surface area (Å²) in [5, 5.41) is 12.7. The molecule has 0 saturated heterocycles. The number of nitrogens with zero attached hydrogens (tertiary/aromatic N) is 2. The van der Waals surface area contributed by atoms with E-state index in [1.807, 2.05) is 19.9 Å². The van der Waals surface area contributed by atoms with Crippen LogP contribution in [0.5, 0.6) is 0 Å². The summed E-state index contributed by atoms with van der Waals surface area (Å²) in [5.74, 6) is 0.780. The van der Waals surface area contributed by atoms with Crippen molar-refractivity contribution in [1.29, 1.82) is 0 Å². The highest BCUT2D eigenvalue weighted by atomic mass is 35.5. The number of halogens is 1. The Morgan fingerprint density at radius 2 is 2.25 bits per heavy atom. The Kier molecular flexibility index (Phi) is 4.92. The number of hydrogen-bond donors (Lipinski definition) is 2. The van der Waals surface area contributed by atoms with Crippen LogP contribution in [0.15, 0.2) is 18.2 Å². The topological polar surface area (TPSA) is 67.2 Å². The van der Waals surface area contributed by atoms with Crippen molar-refractivity contribution in [3.05, 3.63) is 51.6 Å². The van der Waals surface area contributed by atoms with Crippen molar-refractivity contribution in [3.63, 3.8) is 0 Å². The third-order valence-corrected chi connectivity index (χ3v) is 4.86. The van der Waals surface area contributed by atoms with Gasteiger partial charge < -0.3 is 15.0 Å². The maximum atomic E-state index is 12.5. The molecule has 0 bridgehead atoms. The second-order valence-electron chi connectivity index (χ2n) is 6.32. The third-order valence-electron chi connectivity index (χ3n) is 4.54. The third kappa shape index (κ3) is 3.32. The minimum atomic E-state index is -0.139. The Labute approximate surface area is 146 Å². The van der Waals surface area contributed by atoms with E-state index in [1.165, 1.54) is 5.69 Å². The standard InChI is InChI=1S/C18H22ClN3O2/c1-11-3-5-14(15(19)9-11)18(24)21-13-4-6-17-16(10-13)20-12(2)22(17)7-8-23/h3,5,9,13,23H,4,6-8,10H2,1-2H3,(H,21,24)/t13-/m0/s1. The smallest absolute Gasteiger partial charge is 0.253 e. The summed E-state index contributed by atoms with van der Waals surface area (Å²) in [6.45, 7) is 4.58. The number of aromatic nitrogens is 2. The average molecular weight is 348 g/mol. The largest absolute Gasteiger partial charge is 0.395 e. The van der Waals surface area contributed by atoms with Crippen LogP contribution < -0.4 is 5.32 Å². The van der Waals surface area contributed by atoms with Gasteiger partial charge in [0.2, 0.25) is 0 Å². The minimum Gasteiger partial charge on any atom is -0.395 e. The lowest BCUT2D eigenvalue weighted by Crippen LogP contribution is -2.39. The zero-order chi connectivity index (χ0) is 17.3. The van der Waals surface area contributed by atoms with Crippen molar-refractivity contribution in [3.8, 4) is 0 Å². The van der Waals surface area contributed by atoms with E-state index in [-0.39, 0.29) is 18.6 Å². The minimum absolute atomic E-state index is 0.0549. The summed E-state index contributed by atoms with van der Waals surface area (Å²) in [6.07, 6.45) is 2.42. The molecule has 0 radical (unpaired) electrons. The molecule has 2 N–H and O–H groups in total. The molecule has 1 amide bonds. The van der Waals surface area contributed by atoms with Crippen LogP contribution in [0.4, 0.5) is 0 Å². The lowest BCUT2D eigenvalue weighted by atomic mass is 9.95. The van der Waals surface area contributed by atoms with Gasteiger partial charge in [-0.25, -0.2) is 4.98 Å². The maximum Gasteiger partial charge on any atom is 0.253 e. The van der Waals surface area contributed by atoms with Gasteiger partial charge in [0.25, 0.3) is 5.91 Å². The van der Waals surface area contributed by atoms with Crippen molar-refractivity contribution in [2.75, 3.05) is 6.61 Å². The Balaban J connectivity index is 1.72. The molecule has 0 saturated carbocycles. The van der Waals surface area contributed by atoms with E-state index in [4.69, 9.17) is 11.6 Å². The van der Waals surface area contributed by atoms with Crippen LogP contribution in [0, 0.1) is 13.8 Å². The van der Waals surface area contributed by atoms with Crippen molar-refractivity contribution >= 4 is 17.5 Å². The van der Waals surface area contributed by atoms with Crippen LogP contribution in [0.25, 0.3) is 0 Å². The van der Waals surface area contributed by atoms with Gasteiger partial charge in [0.15, 0.2) is 0 Å². The first kappa shape index (κ1) is 17.0. The van der Waals surface area contributed by atoms with Crippen LogP contribution in [-0.4, -0.2) is 33.2 Å². The number of carbonyl (C=O) groups excluding carboxylic acids is 1. The van der Waals surface area contributed by atoms with Crippen molar-refractivity contribution in [2.24, 2.45) is 0 Å². The number of fused-ring (bicyclic) bond motifs is 1. The molecule has 128 valence electrons. The lowest BCUT2D eigenvalue weighted by Gasteiger charge is -2.24. The molecular formula is C18H22ClN3O2. The van der Waals surface area contributed by atoms with Crippen LogP contribution in [0.2, 0.25) is 5.02 Å². The number of imidazole rings is 1. The number of aryl methyl sites for hydroxylation is 2. The fraction of sp³-hybridized carbons (Fsp3) is 0.444. The van der Waals surface area contributed by atoms with Crippen molar-refractivity contribution in [1.82, 2.24) is 14.9 Å². The van der Waals surface area contributed by atoms with E-state index in [0.29, 0.717) is 23.6 Å². The molecule has 0 spiro atoms. The van der Waals surface area contributed by atoms with Gasteiger partial charge >= 0.3 is 0 Å². The number of carbonyl (C=O) groups is 1. The highest BCUT2D eigenvalue weighted by Gasteiger charge is 2.26. The molecule has 24 heavy (non-hydrogen) atoms. The highest BCUT2D eigenvalue weighted by Crippen LogP contribution is 2.23. The molecule has 0 unspecified atom stereocenters. The molecule has 1 aliphatic rings. The second kappa shape index (κ2) is 6.95. The molecule has 1 aromatic heterocycles. The van der Waals surface area contributed by atoms with E-state index in [1.54, 1.807) is 12.1 Å². The van der Waals surface area contributed by atoms with Gasteiger partial charge in [-0.05, 0) is 44.4 Å². The Bertz CT molecular complexity index is 770. The van der Waals surface area contributed by atoms with E-state index in [0.717, 1.165) is 29.9 Å². The van der Waals surface area contributed by atoms with Gasteiger partial charge in [-0.3, -0.25) is 4.79 Å². The summed E-state index contributed by atoms with van der Waals surface area (Å²) in [7, 11) is 0. The van der Waals surface area contributed by atoms with E-state index in [9.17, 15) is 9.90 Å². The van der Waals surface area contributed by atoms with Crippen molar-refractivity contribution < 1.29 is 9.90 Å². The van der Waals surface area contributed by atoms with E-state index < -0.39 is 0 Å². The van der Waals surface area contributed by atoms with Gasteiger partial charge in [0.1, 0.15) is 5.82 Å². The fourth-order valence-electron chi connectivity index (χ4n) is 3.35. The second-order valence-corrected chi connectivity index (χ2v) is 6.73. The lowest BCUT2D eigenvalue weighted by molar-refractivity contribution is 0.0933. The molecule has 1 heterocycles. The molecule has 5 nitrogen and oxygen atoms in total. The number of benzene rings is 1. The fourth-order valence-corrected chi connectivity index (χ4v) is 3.67. The zero-order valence-electron chi connectivity index (χ0n) is 14.0. The first-order valence-corrected chi connectivity index (χ1v) is 8.60. The molecule has 1 atom stereocenters. The van der Waals surface area contributed by atoms with Gasteiger partial charge in [0.05, 0.1) is 22.9 Å². The molecule has 0 fully saturated rings. The van der Waals surface area contributed by atoms with E-state index >= 15 is 0 Å². The van der Waals surface area contributed by atoms with Crippen molar-refractivity contribution in [2.45, 2.75) is 45.7 Å². The Hall–Kier alpha value is -1.85. The predicted octanol–water partition coefficient (Wildman–Crippen LogP) is 2.43. The molecule has 1 aromatic carbocycles. The number of amides is 1. The first-order valence-electron chi connectivity index (χ1n) is 8.22. The number of aliphatic hydroxyl groups is 1. The monoisotopic (exact) mass is 347 g/mol. The quantitative estimate of drug-likeness (QED) is 0.892. The normalized spacial score (nSPS) is 16.8. The van der Waals surface area contributed by atoms with Crippen LogP contribution in [0.1, 0.15) is 39.6 Å². The predicted molar refractivity (Wildman–Crippen MR) is 93.5 cm³/mol. The Morgan fingerprint density at radius 1 is 1.46 bits per heavy atom. The molecule has 3 rings (SSSR count). The molecule has 6 heteroatoms. The highest BCUT2D eigenvalue weighted by molar-refractivity contribution is 6.33. The van der Waals surface area contributed by atoms with Gasteiger partial charge in [-0.2, -0.15) is 0 Å². The van der Waals surface area contributed by atoms with Crippen LogP contribution >= 0.6 is 11.6 Å². The zero-order valence-corrected chi connectivity index (χ0v) is 14.7. The maximum absolute atomic E-state index is 12.5. The molecule has 2 aromatic rings. The summed E-state index contributed by atoms with van der Waals surface area (Å²) in [5.41, 5.74) is 3.74. The summed E-state index contributed by atoms with van der Waals surface area (Å²) >= 11 is 6.18. The van der Waals surface area contributed by atoms with E-state index in [2.05, 4.69) is 14.9 Å². The summed E-state index contributed by atoms with van der Waals surface area (Å²) in [4.78, 5) is 17.1. The number of hydrogen-bond acceptors (Lipinski definition) is 3. The van der Waals surface area contributed by atoms with Gasteiger partial charge in [-0.15, -0.1) is 0 Å². The Morgan fingerprint density at radius 3 is 2.96 bits per heavy atom. The van der Waals surface area contributed by atoms with Gasteiger partial charge in [0, 0.05) is 24.7 Å². The molecule has 1 aliphatic carbocycles. The molecule has 0 aliphatic heterocycles. The SMILES string of the molecule is Cc1ccc(C(=O)N[C@H]2CCc3c(nc(C)n3CCO)C2)c(Cl)c1. The first-order chi connectivity index (χ1) is 11.5. The summed E-state index contributed by atoms with van der Waals surface area (Å²) < 4.78 is 2.07. The average Bonchev–Trinajstić information content (AvgIpc) is 2.83. The van der Waals surface area contributed by atoms with Crippen LogP contribution in [0.3, 0.4) is 0 Å². The number of nitrogens with one attached hydrogen (secondary N) is 1. The van der Waals surface area contributed by atoms with Gasteiger partial charge in [-0.1, -0.05) is 17.7 Å². The summed E-state index contributed by atoms with van der Waals surface area (Å²) in [6, 6.07) is 5.51. The number of aliphatic hydroxyl groups excluding tert-OH is 1. The van der Waals surface area contributed by atoms with Crippen LogP contribution in [-0.2, 0) is 19.4 Å². The molecular weight excluding hydrogens is 326 g/mol.